The largest absolute Gasteiger partial charge is 0.493 e. The summed E-state index contributed by atoms with van der Waals surface area (Å²) in [5.74, 6) is 1.29. The van der Waals surface area contributed by atoms with E-state index < -0.39 is 0 Å². The van der Waals surface area contributed by atoms with Gasteiger partial charge in [-0.3, -0.25) is 0 Å². The Kier molecular flexibility index (Phi) is 5.62. The molecule has 1 aromatic heterocycles. The fourth-order valence-electron chi connectivity index (χ4n) is 3.03. The molecule has 3 rings (SSSR count). The molecule has 0 radical (unpaired) electrons. The standard InChI is InChI=1S/C20H22N2O2S/c1-23-18-8-6-15(13-19(18)24-2)16(14-21)12-17-7-9-20(25-17)22-10-4-3-5-11-22/h6-9,12-13H,3-5,10-11H2,1-2H3/b16-12+. The molecule has 130 valence electrons. The van der Waals surface area contributed by atoms with Gasteiger partial charge in [-0.05, 0) is 61.2 Å². The van der Waals surface area contributed by atoms with Crippen LogP contribution in [0, 0.1) is 11.3 Å². The van der Waals surface area contributed by atoms with Crippen molar-refractivity contribution in [2.45, 2.75) is 19.3 Å². The average Bonchev–Trinajstić information content (AvgIpc) is 3.15. The molecule has 1 saturated heterocycles. The van der Waals surface area contributed by atoms with E-state index in [9.17, 15) is 5.26 Å². The summed E-state index contributed by atoms with van der Waals surface area (Å²) in [6.07, 6.45) is 5.79. The van der Waals surface area contributed by atoms with Gasteiger partial charge in [-0.1, -0.05) is 0 Å². The van der Waals surface area contributed by atoms with Crippen molar-refractivity contribution in [1.29, 1.82) is 5.26 Å². The zero-order chi connectivity index (χ0) is 17.6. The molecule has 0 amide bonds. The Balaban J connectivity index is 1.86. The highest BCUT2D eigenvalue weighted by molar-refractivity contribution is 7.17. The monoisotopic (exact) mass is 354 g/mol. The minimum Gasteiger partial charge on any atom is -0.493 e. The molecule has 1 aliphatic rings. The van der Waals surface area contributed by atoms with E-state index in [0.29, 0.717) is 17.1 Å². The number of piperidine rings is 1. The van der Waals surface area contributed by atoms with Crippen molar-refractivity contribution in [3.8, 4) is 17.6 Å². The first-order valence-corrected chi connectivity index (χ1v) is 9.26. The van der Waals surface area contributed by atoms with Gasteiger partial charge in [-0.2, -0.15) is 5.26 Å². The molecule has 2 heterocycles. The highest BCUT2D eigenvalue weighted by Gasteiger charge is 2.13. The molecule has 0 N–H and O–H groups in total. The van der Waals surface area contributed by atoms with E-state index in [1.807, 2.05) is 24.3 Å². The van der Waals surface area contributed by atoms with Crippen LogP contribution in [0.15, 0.2) is 30.3 Å². The highest BCUT2D eigenvalue weighted by atomic mass is 32.1. The maximum absolute atomic E-state index is 9.59. The smallest absolute Gasteiger partial charge is 0.161 e. The summed E-state index contributed by atoms with van der Waals surface area (Å²) < 4.78 is 10.6. The lowest BCUT2D eigenvalue weighted by Crippen LogP contribution is -2.28. The van der Waals surface area contributed by atoms with Gasteiger partial charge in [0.25, 0.3) is 0 Å². The quantitative estimate of drug-likeness (QED) is 0.722. The second kappa shape index (κ2) is 8.09. The summed E-state index contributed by atoms with van der Waals surface area (Å²) >= 11 is 1.74. The van der Waals surface area contributed by atoms with Crippen molar-refractivity contribution in [3.63, 3.8) is 0 Å². The fourth-order valence-corrected chi connectivity index (χ4v) is 4.03. The molecule has 25 heavy (non-hydrogen) atoms. The fraction of sp³-hybridized carbons (Fsp3) is 0.350. The molecule has 1 aromatic carbocycles. The highest BCUT2D eigenvalue weighted by Crippen LogP contribution is 2.33. The van der Waals surface area contributed by atoms with Gasteiger partial charge in [-0.25, -0.2) is 0 Å². The first-order valence-electron chi connectivity index (χ1n) is 8.44. The van der Waals surface area contributed by atoms with Gasteiger partial charge in [0.1, 0.15) is 0 Å². The Bertz CT molecular complexity index is 798. The molecule has 0 spiro atoms. The number of hydrogen-bond acceptors (Lipinski definition) is 5. The van der Waals surface area contributed by atoms with Crippen LogP contribution in [0.25, 0.3) is 11.6 Å². The van der Waals surface area contributed by atoms with Crippen molar-refractivity contribution in [2.75, 3.05) is 32.2 Å². The van der Waals surface area contributed by atoms with Crippen molar-refractivity contribution in [2.24, 2.45) is 0 Å². The number of thiophene rings is 1. The Labute approximate surface area is 152 Å². The third-order valence-corrected chi connectivity index (χ3v) is 5.47. The Morgan fingerprint density at radius 3 is 2.52 bits per heavy atom. The van der Waals surface area contributed by atoms with E-state index in [2.05, 4.69) is 23.1 Å². The van der Waals surface area contributed by atoms with E-state index in [-0.39, 0.29) is 0 Å². The lowest BCUT2D eigenvalue weighted by molar-refractivity contribution is 0.355. The van der Waals surface area contributed by atoms with Crippen LogP contribution in [0.2, 0.25) is 0 Å². The minimum absolute atomic E-state index is 0.619. The number of methoxy groups -OCH3 is 2. The molecule has 1 aliphatic heterocycles. The average molecular weight is 354 g/mol. The summed E-state index contributed by atoms with van der Waals surface area (Å²) in [5, 5.41) is 10.9. The minimum atomic E-state index is 0.619. The van der Waals surface area contributed by atoms with E-state index in [1.165, 1.54) is 24.3 Å². The third kappa shape index (κ3) is 3.97. The molecule has 1 fully saturated rings. The Morgan fingerprint density at radius 1 is 1.08 bits per heavy atom. The second-order valence-corrected chi connectivity index (χ2v) is 7.06. The number of nitrogens with zero attached hydrogens (tertiary/aromatic N) is 2. The summed E-state index contributed by atoms with van der Waals surface area (Å²) in [6.45, 7) is 2.26. The maximum atomic E-state index is 9.59. The number of anilines is 1. The van der Waals surface area contributed by atoms with Crippen molar-refractivity contribution < 1.29 is 9.47 Å². The lowest BCUT2D eigenvalue weighted by atomic mass is 10.1. The van der Waals surface area contributed by atoms with Crippen molar-refractivity contribution in [3.05, 3.63) is 40.8 Å². The van der Waals surface area contributed by atoms with Crippen LogP contribution >= 0.6 is 11.3 Å². The van der Waals surface area contributed by atoms with Gasteiger partial charge < -0.3 is 14.4 Å². The molecule has 2 aromatic rings. The third-order valence-electron chi connectivity index (χ3n) is 4.38. The molecule has 0 saturated carbocycles. The van der Waals surface area contributed by atoms with Gasteiger partial charge in [-0.15, -0.1) is 11.3 Å². The Hall–Kier alpha value is -2.45. The summed E-state index contributed by atoms with van der Waals surface area (Å²) in [7, 11) is 3.20. The number of nitriles is 1. The van der Waals surface area contributed by atoms with Crippen LogP contribution in [-0.4, -0.2) is 27.3 Å². The van der Waals surface area contributed by atoms with Crippen molar-refractivity contribution >= 4 is 28.0 Å². The Morgan fingerprint density at radius 2 is 1.84 bits per heavy atom. The molecule has 0 bridgehead atoms. The van der Waals surface area contributed by atoms with Crippen LogP contribution in [0.1, 0.15) is 29.7 Å². The van der Waals surface area contributed by atoms with Crippen LogP contribution in [0.5, 0.6) is 11.5 Å². The predicted molar refractivity (Wildman–Crippen MR) is 103 cm³/mol. The summed E-state index contributed by atoms with van der Waals surface area (Å²) in [6, 6.07) is 12.1. The van der Waals surface area contributed by atoms with Crippen LogP contribution in [-0.2, 0) is 0 Å². The number of allylic oxidation sites excluding steroid dienone is 1. The van der Waals surface area contributed by atoms with Gasteiger partial charge >= 0.3 is 0 Å². The van der Waals surface area contributed by atoms with Crippen LogP contribution in [0.3, 0.4) is 0 Å². The molecular weight excluding hydrogens is 332 g/mol. The maximum Gasteiger partial charge on any atom is 0.161 e. The molecule has 5 heteroatoms. The summed E-state index contributed by atoms with van der Waals surface area (Å²) in [5.41, 5.74) is 1.45. The van der Waals surface area contributed by atoms with E-state index in [0.717, 1.165) is 23.5 Å². The van der Waals surface area contributed by atoms with Gasteiger partial charge in [0, 0.05) is 18.0 Å². The normalized spacial score (nSPS) is 14.9. The molecule has 0 unspecified atom stereocenters. The van der Waals surface area contributed by atoms with Gasteiger partial charge in [0.15, 0.2) is 11.5 Å². The molecule has 4 nitrogen and oxygen atoms in total. The van der Waals surface area contributed by atoms with E-state index in [4.69, 9.17) is 9.47 Å². The van der Waals surface area contributed by atoms with E-state index >= 15 is 0 Å². The molecular formula is C20H22N2O2S. The number of hydrogen-bond donors (Lipinski definition) is 0. The first-order chi connectivity index (χ1) is 12.2. The zero-order valence-electron chi connectivity index (χ0n) is 14.6. The lowest BCUT2D eigenvalue weighted by Gasteiger charge is -2.27. The van der Waals surface area contributed by atoms with E-state index in [1.54, 1.807) is 25.6 Å². The predicted octanol–water partition coefficient (Wildman–Crippen LogP) is 4.82. The summed E-state index contributed by atoms with van der Waals surface area (Å²) in [4.78, 5) is 3.53. The van der Waals surface area contributed by atoms with Crippen LogP contribution in [0.4, 0.5) is 5.00 Å². The number of ether oxygens (including phenoxy) is 2. The topological polar surface area (TPSA) is 45.5 Å². The van der Waals surface area contributed by atoms with Crippen LogP contribution < -0.4 is 14.4 Å². The van der Waals surface area contributed by atoms with Gasteiger partial charge in [0.2, 0.25) is 0 Å². The van der Waals surface area contributed by atoms with Crippen molar-refractivity contribution in [1.82, 2.24) is 0 Å². The number of benzene rings is 1. The number of rotatable bonds is 5. The molecule has 0 atom stereocenters. The second-order valence-electron chi connectivity index (χ2n) is 5.96. The molecule has 0 aliphatic carbocycles. The first kappa shape index (κ1) is 17.4. The zero-order valence-corrected chi connectivity index (χ0v) is 15.4. The SMILES string of the molecule is COc1ccc(/C(C#N)=C/c2ccc(N3CCCCC3)s2)cc1OC. The van der Waals surface area contributed by atoms with Gasteiger partial charge in [0.05, 0.1) is 30.9 Å².